The van der Waals surface area contributed by atoms with Gasteiger partial charge in [-0.3, -0.25) is 0 Å². The monoisotopic (exact) mass is 281 g/mol. The van der Waals surface area contributed by atoms with Gasteiger partial charge >= 0.3 is 0 Å². The van der Waals surface area contributed by atoms with Gasteiger partial charge in [0.1, 0.15) is 5.82 Å². The topological polar surface area (TPSA) is 43.8 Å². The van der Waals surface area contributed by atoms with Gasteiger partial charge < -0.3 is 10.3 Å². The van der Waals surface area contributed by atoms with Gasteiger partial charge in [-0.05, 0) is 19.1 Å². The van der Waals surface area contributed by atoms with Gasteiger partial charge in [-0.2, -0.15) is 0 Å². The molecule has 0 aliphatic carbocycles. The van der Waals surface area contributed by atoms with Crippen molar-refractivity contribution in [3.05, 3.63) is 47.5 Å². The summed E-state index contributed by atoms with van der Waals surface area (Å²) in [5.74, 6) is 1.69. The molecule has 2 rings (SSSR count). The molecule has 2 N–H and O–H groups in total. The van der Waals surface area contributed by atoms with Crippen molar-refractivity contribution in [3.63, 3.8) is 0 Å². The molecule has 1 atom stereocenters. The Morgan fingerprint density at radius 2 is 2.22 bits per heavy atom. The summed E-state index contributed by atoms with van der Waals surface area (Å²) in [4.78, 5) is 5.37. The van der Waals surface area contributed by atoms with E-state index >= 15 is 0 Å². The number of hydrogen-bond donors (Lipinski definition) is 1. The second-order valence-electron chi connectivity index (χ2n) is 3.92. The summed E-state index contributed by atoms with van der Waals surface area (Å²) in [5.41, 5.74) is 6.17. The molecule has 0 bridgehead atoms. The first kappa shape index (κ1) is 13.5. The summed E-state index contributed by atoms with van der Waals surface area (Å²) in [6.07, 6.45) is 3.74. The van der Waals surface area contributed by atoms with E-state index in [0.717, 1.165) is 28.0 Å². The van der Waals surface area contributed by atoms with Crippen molar-refractivity contribution < 1.29 is 0 Å². The minimum Gasteiger partial charge on any atom is -0.334 e. The number of benzene rings is 1. The van der Waals surface area contributed by atoms with Crippen LogP contribution < -0.4 is 5.73 Å². The quantitative estimate of drug-likeness (QED) is 0.855. The fourth-order valence-corrected chi connectivity index (χ4v) is 2.92. The van der Waals surface area contributed by atoms with Crippen molar-refractivity contribution in [3.8, 4) is 0 Å². The third kappa shape index (κ3) is 3.07. The third-order valence-electron chi connectivity index (χ3n) is 2.68. The number of hydrogen-bond acceptors (Lipinski definition) is 3. The Kier molecular flexibility index (Phi) is 4.69. The van der Waals surface area contributed by atoms with Crippen LogP contribution in [0.15, 0.2) is 41.6 Å². The van der Waals surface area contributed by atoms with E-state index in [4.69, 9.17) is 17.3 Å². The molecule has 96 valence electrons. The molecule has 1 aromatic carbocycles. The SMILES string of the molecule is CCn1ccnc1C(N)CSc1ccccc1Cl. The molecule has 1 unspecified atom stereocenters. The van der Waals surface area contributed by atoms with E-state index < -0.39 is 0 Å². The molecule has 3 nitrogen and oxygen atoms in total. The average Bonchev–Trinajstić information content (AvgIpc) is 2.86. The van der Waals surface area contributed by atoms with Crippen LogP contribution in [0, 0.1) is 0 Å². The van der Waals surface area contributed by atoms with Crippen LogP contribution in [0.1, 0.15) is 18.8 Å². The van der Waals surface area contributed by atoms with E-state index in [1.165, 1.54) is 0 Å². The molecule has 0 saturated heterocycles. The maximum absolute atomic E-state index is 6.17. The van der Waals surface area contributed by atoms with Crippen LogP contribution in [0.3, 0.4) is 0 Å². The van der Waals surface area contributed by atoms with Crippen molar-refractivity contribution in [2.24, 2.45) is 5.73 Å². The lowest BCUT2D eigenvalue weighted by Gasteiger charge is -2.13. The van der Waals surface area contributed by atoms with Crippen molar-refractivity contribution >= 4 is 23.4 Å². The van der Waals surface area contributed by atoms with Gasteiger partial charge in [-0.25, -0.2) is 4.98 Å². The van der Waals surface area contributed by atoms with Crippen LogP contribution in [-0.2, 0) is 6.54 Å². The lowest BCUT2D eigenvalue weighted by molar-refractivity contribution is 0.642. The molecule has 0 amide bonds. The van der Waals surface area contributed by atoms with E-state index in [2.05, 4.69) is 16.5 Å². The number of thioether (sulfide) groups is 1. The highest BCUT2D eigenvalue weighted by Gasteiger charge is 2.12. The molecule has 1 heterocycles. The van der Waals surface area contributed by atoms with Crippen LogP contribution in [0.5, 0.6) is 0 Å². The Morgan fingerprint density at radius 1 is 1.44 bits per heavy atom. The average molecular weight is 282 g/mol. The number of nitrogens with zero attached hydrogens (tertiary/aromatic N) is 2. The highest BCUT2D eigenvalue weighted by atomic mass is 35.5. The molecule has 1 aromatic heterocycles. The maximum atomic E-state index is 6.17. The van der Waals surface area contributed by atoms with Gasteiger partial charge in [0.2, 0.25) is 0 Å². The summed E-state index contributed by atoms with van der Waals surface area (Å²) in [6, 6.07) is 7.72. The van der Waals surface area contributed by atoms with Gasteiger partial charge in [0.15, 0.2) is 0 Å². The summed E-state index contributed by atoms with van der Waals surface area (Å²) in [6.45, 7) is 2.97. The lowest BCUT2D eigenvalue weighted by atomic mass is 10.3. The second kappa shape index (κ2) is 6.27. The standard InChI is InChI=1S/C13H16ClN3S/c1-2-17-8-7-16-13(17)11(15)9-18-12-6-4-3-5-10(12)14/h3-8,11H,2,9,15H2,1H3. The highest BCUT2D eigenvalue weighted by molar-refractivity contribution is 7.99. The molecule has 0 aliphatic heterocycles. The maximum Gasteiger partial charge on any atom is 0.126 e. The van der Waals surface area contributed by atoms with Gasteiger partial charge in [-0.15, -0.1) is 11.8 Å². The molecule has 5 heteroatoms. The number of imidazole rings is 1. The largest absolute Gasteiger partial charge is 0.334 e. The summed E-state index contributed by atoms with van der Waals surface area (Å²) < 4.78 is 2.07. The van der Waals surface area contributed by atoms with Crippen LogP contribution in [-0.4, -0.2) is 15.3 Å². The summed E-state index contributed by atoms with van der Waals surface area (Å²) in [5, 5.41) is 0.772. The summed E-state index contributed by atoms with van der Waals surface area (Å²) in [7, 11) is 0. The van der Waals surface area contributed by atoms with E-state index in [9.17, 15) is 0 Å². The highest BCUT2D eigenvalue weighted by Crippen LogP contribution is 2.29. The number of nitrogens with two attached hydrogens (primary N) is 1. The smallest absolute Gasteiger partial charge is 0.126 e. The molecule has 18 heavy (non-hydrogen) atoms. The molecule has 0 radical (unpaired) electrons. The van der Waals surface area contributed by atoms with Crippen LogP contribution in [0.25, 0.3) is 0 Å². The zero-order valence-corrected chi connectivity index (χ0v) is 11.8. The molecular formula is C13H16ClN3S. The van der Waals surface area contributed by atoms with Crippen molar-refractivity contribution in [2.75, 3.05) is 5.75 Å². The first-order valence-electron chi connectivity index (χ1n) is 5.86. The molecule has 0 fully saturated rings. The van der Waals surface area contributed by atoms with Crippen molar-refractivity contribution in [2.45, 2.75) is 24.4 Å². The Morgan fingerprint density at radius 3 is 2.94 bits per heavy atom. The molecule has 2 aromatic rings. The minimum atomic E-state index is -0.0822. The summed E-state index contributed by atoms with van der Waals surface area (Å²) >= 11 is 7.77. The van der Waals surface area contributed by atoms with Crippen molar-refractivity contribution in [1.82, 2.24) is 9.55 Å². The Bertz CT molecular complexity index is 512. The zero-order chi connectivity index (χ0) is 13.0. The van der Waals surface area contributed by atoms with Gasteiger partial charge in [0.25, 0.3) is 0 Å². The van der Waals surface area contributed by atoms with Gasteiger partial charge in [-0.1, -0.05) is 23.7 Å². The van der Waals surface area contributed by atoms with Gasteiger partial charge in [0.05, 0.1) is 11.1 Å². The van der Waals surface area contributed by atoms with E-state index in [0.29, 0.717) is 0 Å². The molecule has 0 spiro atoms. The zero-order valence-electron chi connectivity index (χ0n) is 10.2. The van der Waals surface area contributed by atoms with Crippen molar-refractivity contribution in [1.29, 1.82) is 0 Å². The lowest BCUT2D eigenvalue weighted by Crippen LogP contribution is -2.18. The Labute approximate surface area is 116 Å². The fraction of sp³-hybridized carbons (Fsp3) is 0.308. The Hall–Kier alpha value is -0.970. The fourth-order valence-electron chi connectivity index (χ4n) is 1.73. The van der Waals surface area contributed by atoms with Crippen LogP contribution in [0.2, 0.25) is 5.02 Å². The number of rotatable bonds is 5. The van der Waals surface area contributed by atoms with Gasteiger partial charge in [0, 0.05) is 29.6 Å². The number of aryl methyl sites for hydroxylation is 1. The third-order valence-corrected chi connectivity index (χ3v) is 4.31. The van der Waals surface area contributed by atoms with E-state index in [-0.39, 0.29) is 6.04 Å². The normalized spacial score (nSPS) is 12.6. The Balaban J connectivity index is 2.01. The number of aromatic nitrogens is 2. The first-order valence-corrected chi connectivity index (χ1v) is 7.22. The second-order valence-corrected chi connectivity index (χ2v) is 5.39. The minimum absolute atomic E-state index is 0.0822. The predicted molar refractivity (Wildman–Crippen MR) is 77.0 cm³/mol. The molecular weight excluding hydrogens is 266 g/mol. The first-order chi connectivity index (χ1) is 8.72. The van der Waals surface area contributed by atoms with Crippen LogP contribution in [0.4, 0.5) is 0 Å². The van der Waals surface area contributed by atoms with E-state index in [1.807, 2.05) is 30.5 Å². The molecule has 0 saturated carbocycles. The predicted octanol–water partition coefficient (Wildman–Crippen LogP) is 3.35. The number of halogens is 1. The van der Waals surface area contributed by atoms with E-state index in [1.54, 1.807) is 18.0 Å². The van der Waals surface area contributed by atoms with Crippen LogP contribution >= 0.6 is 23.4 Å². The molecule has 0 aliphatic rings.